The van der Waals surface area contributed by atoms with E-state index in [0.717, 1.165) is 5.69 Å². The molecule has 6 nitrogen and oxygen atoms in total. The van der Waals surface area contributed by atoms with Gasteiger partial charge in [0.1, 0.15) is 5.69 Å². The van der Waals surface area contributed by atoms with Crippen LogP contribution in [0.25, 0.3) is 0 Å². The van der Waals surface area contributed by atoms with Gasteiger partial charge in [-0.1, -0.05) is 41.5 Å². The lowest BCUT2D eigenvalue weighted by Crippen LogP contribution is -2.27. The van der Waals surface area contributed by atoms with Crippen molar-refractivity contribution in [2.75, 3.05) is 0 Å². The molecule has 0 fully saturated rings. The fourth-order valence-electron chi connectivity index (χ4n) is 1.59. The molecule has 0 saturated carbocycles. The Balaban J connectivity index is 3.39. The van der Waals surface area contributed by atoms with Gasteiger partial charge in [-0.3, -0.25) is 10.4 Å². The Labute approximate surface area is 119 Å². The molecule has 0 unspecified atom stereocenters. The molecule has 0 bridgehead atoms. The fourth-order valence-corrected chi connectivity index (χ4v) is 1.59. The molecule has 3 N–H and O–H groups in total. The second-order valence-electron chi connectivity index (χ2n) is 6.70. The van der Waals surface area contributed by atoms with Gasteiger partial charge in [-0.25, -0.2) is 9.78 Å². The normalized spacial score (nSPS) is 12.1. The zero-order valence-electron chi connectivity index (χ0n) is 12.9. The number of nitrogens with zero attached hydrogens (tertiary/aromatic N) is 2. The first-order valence-electron chi connectivity index (χ1n) is 6.37. The molecule has 0 atom stereocenters. The number of ether oxygens (including phenoxy) is 1. The van der Waals surface area contributed by atoms with Gasteiger partial charge >= 0.3 is 6.09 Å². The Morgan fingerprint density at radius 3 is 2.15 bits per heavy atom. The van der Waals surface area contributed by atoms with Gasteiger partial charge in [0.15, 0.2) is 0 Å². The summed E-state index contributed by atoms with van der Waals surface area (Å²) in [4.78, 5) is 19.6. The molecule has 20 heavy (non-hydrogen) atoms. The highest BCUT2D eigenvalue weighted by molar-refractivity contribution is 5.97. The van der Waals surface area contributed by atoms with E-state index in [0.29, 0.717) is 5.69 Å². The summed E-state index contributed by atoms with van der Waals surface area (Å²) >= 11 is 0. The molecule has 0 aliphatic heterocycles. The summed E-state index contributed by atoms with van der Waals surface area (Å²) in [5, 5.41) is 7.78. The summed E-state index contributed by atoms with van der Waals surface area (Å²) in [5.74, 6) is -0.379. The average Bonchev–Trinajstić information content (AvgIpc) is 2.24. The summed E-state index contributed by atoms with van der Waals surface area (Å²) in [7, 11) is 0. The quantitative estimate of drug-likeness (QED) is 0.608. The molecule has 0 aliphatic rings. The summed E-state index contributed by atoms with van der Waals surface area (Å²) < 4.78 is 4.62. The number of aromatic nitrogens is 2. The van der Waals surface area contributed by atoms with E-state index in [1.54, 1.807) is 6.20 Å². The van der Waals surface area contributed by atoms with Gasteiger partial charge in [0.05, 0.1) is 11.4 Å². The molecule has 110 valence electrons. The fraction of sp³-hybridized carbons (Fsp3) is 0.571. The van der Waals surface area contributed by atoms with Crippen LogP contribution in [-0.2, 0) is 15.6 Å². The van der Waals surface area contributed by atoms with Crippen LogP contribution in [0.3, 0.4) is 0 Å². The third-order valence-corrected chi connectivity index (χ3v) is 2.67. The average molecular weight is 278 g/mol. The van der Waals surface area contributed by atoms with Gasteiger partial charge < -0.3 is 10.5 Å². The molecule has 0 saturated heterocycles. The minimum Gasteiger partial charge on any atom is -0.390 e. The Bertz CT molecular complexity index is 539. The zero-order valence-corrected chi connectivity index (χ0v) is 12.9. The summed E-state index contributed by atoms with van der Waals surface area (Å²) in [6.45, 7) is 12.0. The van der Waals surface area contributed by atoms with Gasteiger partial charge in [-0.2, -0.15) is 0 Å². The highest BCUT2D eigenvalue weighted by Crippen LogP contribution is 2.27. The van der Waals surface area contributed by atoms with E-state index in [9.17, 15) is 4.79 Å². The first-order valence-corrected chi connectivity index (χ1v) is 6.37. The van der Waals surface area contributed by atoms with Crippen LogP contribution in [0.2, 0.25) is 0 Å². The monoisotopic (exact) mass is 278 g/mol. The van der Waals surface area contributed by atoms with Crippen molar-refractivity contribution in [1.82, 2.24) is 9.97 Å². The minimum atomic E-state index is -1.03. The van der Waals surface area contributed by atoms with E-state index in [4.69, 9.17) is 11.1 Å². The van der Waals surface area contributed by atoms with E-state index in [1.165, 1.54) is 0 Å². The smallest absolute Gasteiger partial charge is 0.390 e. The van der Waals surface area contributed by atoms with E-state index in [-0.39, 0.29) is 22.4 Å². The Hall–Kier alpha value is -1.98. The van der Waals surface area contributed by atoms with Crippen molar-refractivity contribution in [3.8, 4) is 0 Å². The molecule has 1 rings (SSSR count). The molecule has 1 aromatic heterocycles. The van der Waals surface area contributed by atoms with Gasteiger partial charge in [0.2, 0.25) is 5.90 Å². The lowest BCUT2D eigenvalue weighted by molar-refractivity contribution is 0.207. The first-order chi connectivity index (χ1) is 8.93. The third-order valence-electron chi connectivity index (χ3n) is 2.67. The molecule has 0 spiro atoms. The number of amides is 1. The minimum absolute atomic E-state index is 0.154. The predicted molar refractivity (Wildman–Crippen MR) is 76.9 cm³/mol. The van der Waals surface area contributed by atoms with Crippen molar-refractivity contribution in [2.45, 2.75) is 52.4 Å². The zero-order chi connectivity index (χ0) is 15.7. The van der Waals surface area contributed by atoms with Crippen LogP contribution in [0.5, 0.6) is 0 Å². The SMILES string of the molecule is CC(C)(C)c1cnc(C(=N)OC(N)=O)c(C(C)(C)C)n1. The van der Waals surface area contributed by atoms with Gasteiger partial charge in [-0.15, -0.1) is 0 Å². The van der Waals surface area contributed by atoms with Gasteiger partial charge in [0.25, 0.3) is 0 Å². The lowest BCUT2D eigenvalue weighted by Gasteiger charge is -2.25. The first kappa shape index (κ1) is 16.1. The predicted octanol–water partition coefficient (Wildman–Crippen LogP) is 2.49. The number of rotatable bonds is 1. The van der Waals surface area contributed by atoms with Crippen molar-refractivity contribution < 1.29 is 9.53 Å². The molecule has 1 heterocycles. The van der Waals surface area contributed by atoms with Crippen LogP contribution < -0.4 is 5.73 Å². The van der Waals surface area contributed by atoms with E-state index >= 15 is 0 Å². The second kappa shape index (κ2) is 5.19. The molecule has 0 aliphatic carbocycles. The number of carbonyl (C=O) groups is 1. The Morgan fingerprint density at radius 1 is 1.20 bits per heavy atom. The standard InChI is InChI=1S/C14H22N4O2/c1-13(2,3)8-7-17-9(11(15)20-12(16)19)10(18-8)14(4,5)6/h7,15H,1-6H3,(H2,16,19). The molecule has 1 amide bonds. The molecular weight excluding hydrogens is 256 g/mol. The number of primary amides is 1. The van der Waals surface area contributed by atoms with Crippen LogP contribution in [-0.4, -0.2) is 22.0 Å². The number of hydrogen-bond acceptors (Lipinski definition) is 5. The summed E-state index contributed by atoms with van der Waals surface area (Å²) in [6, 6.07) is 0. The maximum Gasteiger partial charge on any atom is 0.411 e. The number of nitrogens with two attached hydrogens (primary N) is 1. The van der Waals surface area contributed by atoms with Crippen molar-refractivity contribution in [1.29, 1.82) is 5.41 Å². The Morgan fingerprint density at radius 2 is 1.75 bits per heavy atom. The highest BCUT2D eigenvalue weighted by Gasteiger charge is 2.27. The molecule has 6 heteroatoms. The van der Waals surface area contributed by atoms with E-state index in [1.807, 2.05) is 41.5 Å². The van der Waals surface area contributed by atoms with Crippen molar-refractivity contribution in [3.05, 3.63) is 23.3 Å². The highest BCUT2D eigenvalue weighted by atomic mass is 16.6. The third kappa shape index (κ3) is 3.76. The van der Waals surface area contributed by atoms with Crippen molar-refractivity contribution in [2.24, 2.45) is 5.73 Å². The maximum absolute atomic E-state index is 10.8. The van der Waals surface area contributed by atoms with Gasteiger partial charge in [-0.05, 0) is 0 Å². The van der Waals surface area contributed by atoms with Crippen LogP contribution in [0, 0.1) is 5.41 Å². The molecule has 0 aromatic carbocycles. The maximum atomic E-state index is 10.8. The summed E-state index contributed by atoms with van der Waals surface area (Å²) in [6.07, 6.45) is 0.570. The van der Waals surface area contributed by atoms with Crippen LogP contribution >= 0.6 is 0 Å². The number of hydrogen-bond donors (Lipinski definition) is 2. The largest absolute Gasteiger partial charge is 0.411 e. The lowest BCUT2D eigenvalue weighted by atomic mass is 9.87. The van der Waals surface area contributed by atoms with Crippen LogP contribution in [0.4, 0.5) is 4.79 Å². The van der Waals surface area contributed by atoms with Crippen LogP contribution in [0.1, 0.15) is 58.6 Å². The van der Waals surface area contributed by atoms with Crippen molar-refractivity contribution >= 4 is 12.0 Å². The summed E-state index contributed by atoms with van der Waals surface area (Å²) in [5.41, 5.74) is 6.11. The van der Waals surface area contributed by atoms with Crippen LogP contribution in [0.15, 0.2) is 6.20 Å². The van der Waals surface area contributed by atoms with E-state index in [2.05, 4.69) is 14.7 Å². The second-order valence-corrected chi connectivity index (χ2v) is 6.70. The van der Waals surface area contributed by atoms with E-state index < -0.39 is 6.09 Å². The number of carbonyl (C=O) groups excluding carboxylic acids is 1. The molecule has 0 radical (unpaired) electrons. The van der Waals surface area contributed by atoms with Crippen molar-refractivity contribution in [3.63, 3.8) is 0 Å². The molecular formula is C14H22N4O2. The van der Waals surface area contributed by atoms with Gasteiger partial charge in [0, 0.05) is 17.0 Å². The topological polar surface area (TPSA) is 102 Å². The number of nitrogens with one attached hydrogen (secondary N) is 1. The molecule has 1 aromatic rings. The Kier molecular flexibility index (Phi) is 4.17.